The van der Waals surface area contributed by atoms with E-state index in [0.717, 1.165) is 32.6 Å². The third kappa shape index (κ3) is 3.10. The van der Waals surface area contributed by atoms with Gasteiger partial charge in [-0.2, -0.15) is 0 Å². The number of rotatable bonds is 2. The van der Waals surface area contributed by atoms with Crippen LogP contribution in [-0.4, -0.2) is 31.1 Å². The molecule has 2 aliphatic rings. The van der Waals surface area contributed by atoms with Crippen LogP contribution >= 0.6 is 35.0 Å². The second-order valence-electron chi connectivity index (χ2n) is 5.71. The van der Waals surface area contributed by atoms with Gasteiger partial charge in [-0.25, -0.2) is 8.78 Å². The Hall–Kier alpha value is 0.0200. The fraction of sp³-hybridized carbons (Fsp3) is 0.571. The van der Waals surface area contributed by atoms with Crippen LogP contribution in [0.4, 0.5) is 8.78 Å². The second kappa shape index (κ2) is 6.42. The minimum absolute atomic E-state index is 0. The van der Waals surface area contributed by atoms with Crippen LogP contribution in [0.3, 0.4) is 0 Å². The highest BCUT2D eigenvalue weighted by Crippen LogP contribution is 2.37. The van der Waals surface area contributed by atoms with E-state index in [-0.39, 0.29) is 18.0 Å². The SMILES string of the molecule is Cl.Fc1ccc(I)c(F)c1CN1CCC2(CCNC2)C1. The zero-order chi connectivity index (χ0) is 13.5. The van der Waals surface area contributed by atoms with Crippen LogP contribution in [0.15, 0.2) is 12.1 Å². The maximum atomic E-state index is 14.0. The third-order valence-corrected chi connectivity index (χ3v) is 5.20. The molecule has 1 unspecified atom stereocenters. The summed E-state index contributed by atoms with van der Waals surface area (Å²) in [5.74, 6) is -0.825. The van der Waals surface area contributed by atoms with Gasteiger partial charge in [0.2, 0.25) is 0 Å². The Morgan fingerprint density at radius 1 is 1.30 bits per heavy atom. The summed E-state index contributed by atoms with van der Waals surface area (Å²) >= 11 is 1.91. The van der Waals surface area contributed by atoms with E-state index in [9.17, 15) is 8.78 Å². The molecule has 112 valence electrons. The first-order valence-corrected chi connectivity index (χ1v) is 7.73. The monoisotopic (exact) mass is 414 g/mol. The average molecular weight is 415 g/mol. The van der Waals surface area contributed by atoms with Crippen LogP contribution < -0.4 is 5.32 Å². The van der Waals surface area contributed by atoms with Crippen molar-refractivity contribution < 1.29 is 8.78 Å². The molecule has 1 aromatic carbocycles. The second-order valence-corrected chi connectivity index (χ2v) is 6.87. The van der Waals surface area contributed by atoms with Gasteiger partial charge in [-0.1, -0.05) is 0 Å². The first-order valence-electron chi connectivity index (χ1n) is 6.65. The molecule has 3 rings (SSSR count). The van der Waals surface area contributed by atoms with E-state index in [2.05, 4.69) is 10.2 Å². The standard InChI is InChI=1S/C14H17F2IN2.ClH/c15-11-1-2-12(17)13(16)10(11)7-19-6-4-14(9-19)3-5-18-8-14;/h1-2,18H,3-9H2;1H. The predicted octanol–water partition coefficient (Wildman–Crippen LogP) is 3.18. The van der Waals surface area contributed by atoms with E-state index in [1.165, 1.54) is 18.6 Å². The lowest BCUT2D eigenvalue weighted by molar-refractivity contribution is 0.262. The minimum Gasteiger partial charge on any atom is -0.316 e. The van der Waals surface area contributed by atoms with Crippen molar-refractivity contribution >= 4 is 35.0 Å². The summed E-state index contributed by atoms with van der Waals surface area (Å²) in [6, 6.07) is 2.85. The van der Waals surface area contributed by atoms with Gasteiger partial charge in [0.15, 0.2) is 0 Å². The molecule has 6 heteroatoms. The van der Waals surface area contributed by atoms with Crippen molar-refractivity contribution in [2.75, 3.05) is 26.2 Å². The zero-order valence-corrected chi connectivity index (χ0v) is 14.1. The number of hydrogen-bond donors (Lipinski definition) is 1. The summed E-state index contributed by atoms with van der Waals surface area (Å²) in [4.78, 5) is 2.19. The van der Waals surface area contributed by atoms with Crippen molar-refractivity contribution in [2.24, 2.45) is 5.41 Å². The van der Waals surface area contributed by atoms with Crippen molar-refractivity contribution in [1.29, 1.82) is 0 Å². The number of benzene rings is 1. The summed E-state index contributed by atoms with van der Waals surface area (Å²) in [7, 11) is 0. The quantitative estimate of drug-likeness (QED) is 0.591. The molecule has 0 aliphatic carbocycles. The Morgan fingerprint density at radius 3 is 2.80 bits per heavy atom. The molecule has 1 atom stereocenters. The average Bonchev–Trinajstić information content (AvgIpc) is 3.01. The fourth-order valence-electron chi connectivity index (χ4n) is 3.24. The maximum absolute atomic E-state index is 14.0. The molecule has 0 amide bonds. The third-order valence-electron chi connectivity index (χ3n) is 4.37. The lowest BCUT2D eigenvalue weighted by atomic mass is 9.86. The van der Waals surface area contributed by atoms with E-state index in [4.69, 9.17) is 0 Å². The van der Waals surface area contributed by atoms with E-state index < -0.39 is 11.6 Å². The van der Waals surface area contributed by atoms with E-state index in [0.29, 0.717) is 15.5 Å². The summed E-state index contributed by atoms with van der Waals surface area (Å²) in [6.45, 7) is 4.38. The lowest BCUT2D eigenvalue weighted by Gasteiger charge is -2.23. The molecule has 2 heterocycles. The summed E-state index contributed by atoms with van der Waals surface area (Å²) < 4.78 is 28.3. The molecule has 2 saturated heterocycles. The molecular formula is C14H18ClF2IN2. The van der Waals surface area contributed by atoms with Crippen molar-refractivity contribution in [3.8, 4) is 0 Å². The van der Waals surface area contributed by atoms with Gasteiger partial charge >= 0.3 is 0 Å². The molecule has 0 aromatic heterocycles. The molecule has 2 nitrogen and oxygen atoms in total. The molecule has 20 heavy (non-hydrogen) atoms. The highest BCUT2D eigenvalue weighted by Gasteiger charge is 2.40. The van der Waals surface area contributed by atoms with Crippen molar-refractivity contribution in [3.05, 3.63) is 32.9 Å². The van der Waals surface area contributed by atoms with Crippen molar-refractivity contribution in [3.63, 3.8) is 0 Å². The molecule has 1 aromatic rings. The Balaban J connectivity index is 0.00000147. The van der Waals surface area contributed by atoms with Gasteiger partial charge in [-0.3, -0.25) is 4.90 Å². The van der Waals surface area contributed by atoms with Gasteiger partial charge in [0.05, 0.1) is 0 Å². The fourth-order valence-corrected chi connectivity index (χ4v) is 3.75. The Morgan fingerprint density at radius 2 is 2.10 bits per heavy atom. The number of nitrogens with one attached hydrogen (secondary N) is 1. The van der Waals surface area contributed by atoms with Gasteiger partial charge in [0, 0.05) is 28.8 Å². The van der Waals surface area contributed by atoms with Gasteiger partial charge < -0.3 is 5.32 Å². The highest BCUT2D eigenvalue weighted by atomic mass is 127. The molecular weight excluding hydrogens is 397 g/mol. The number of nitrogens with zero attached hydrogens (tertiary/aromatic N) is 1. The first kappa shape index (κ1) is 16.4. The highest BCUT2D eigenvalue weighted by molar-refractivity contribution is 14.1. The van der Waals surface area contributed by atoms with Gasteiger partial charge in [0.1, 0.15) is 11.6 Å². The molecule has 1 N–H and O–H groups in total. The summed E-state index contributed by atoms with van der Waals surface area (Å²) in [6.07, 6.45) is 2.31. The predicted molar refractivity (Wildman–Crippen MR) is 86.1 cm³/mol. The van der Waals surface area contributed by atoms with Gasteiger partial charge in [-0.05, 0) is 66.1 Å². The van der Waals surface area contributed by atoms with Crippen LogP contribution in [0.2, 0.25) is 0 Å². The number of likely N-dealkylation sites (tertiary alicyclic amines) is 1. The number of halogens is 4. The Bertz CT molecular complexity index is 492. The lowest BCUT2D eigenvalue weighted by Crippen LogP contribution is -2.29. The molecule has 1 spiro atoms. The van der Waals surface area contributed by atoms with E-state index in [1.807, 2.05) is 22.6 Å². The topological polar surface area (TPSA) is 15.3 Å². The summed E-state index contributed by atoms with van der Waals surface area (Å²) in [5.41, 5.74) is 0.560. The van der Waals surface area contributed by atoms with E-state index in [1.54, 1.807) is 0 Å². The zero-order valence-electron chi connectivity index (χ0n) is 11.1. The smallest absolute Gasteiger partial charge is 0.143 e. The van der Waals surface area contributed by atoms with E-state index >= 15 is 0 Å². The molecule has 0 bridgehead atoms. The van der Waals surface area contributed by atoms with Crippen molar-refractivity contribution in [1.82, 2.24) is 10.2 Å². The van der Waals surface area contributed by atoms with Crippen LogP contribution in [0, 0.1) is 20.6 Å². The first-order chi connectivity index (χ1) is 9.10. The van der Waals surface area contributed by atoms with Gasteiger partial charge in [0.25, 0.3) is 0 Å². The Kier molecular flexibility index (Phi) is 5.26. The normalized spacial score (nSPS) is 26.1. The molecule has 0 saturated carbocycles. The molecule has 2 aliphatic heterocycles. The van der Waals surface area contributed by atoms with Crippen LogP contribution in [0.5, 0.6) is 0 Å². The van der Waals surface area contributed by atoms with Crippen LogP contribution in [0.1, 0.15) is 18.4 Å². The molecule has 0 radical (unpaired) electrons. The Labute approximate surface area is 137 Å². The molecule has 2 fully saturated rings. The number of hydrogen-bond acceptors (Lipinski definition) is 2. The summed E-state index contributed by atoms with van der Waals surface area (Å²) in [5, 5.41) is 3.40. The maximum Gasteiger partial charge on any atom is 0.143 e. The largest absolute Gasteiger partial charge is 0.316 e. The van der Waals surface area contributed by atoms with Crippen LogP contribution in [-0.2, 0) is 6.54 Å². The van der Waals surface area contributed by atoms with Gasteiger partial charge in [-0.15, -0.1) is 12.4 Å². The minimum atomic E-state index is -0.427. The van der Waals surface area contributed by atoms with Crippen LogP contribution in [0.25, 0.3) is 0 Å². The van der Waals surface area contributed by atoms with Crippen molar-refractivity contribution in [2.45, 2.75) is 19.4 Å².